The molecule has 0 aliphatic heterocycles. The van der Waals surface area contributed by atoms with Gasteiger partial charge in [0.15, 0.2) is 0 Å². The third-order valence-electron chi connectivity index (χ3n) is 5.12. The van der Waals surface area contributed by atoms with Gasteiger partial charge in [0, 0.05) is 18.7 Å². The van der Waals surface area contributed by atoms with Crippen molar-refractivity contribution in [3.8, 4) is 11.8 Å². The number of nitriles is 1. The predicted molar refractivity (Wildman–Crippen MR) is 112 cm³/mol. The van der Waals surface area contributed by atoms with Gasteiger partial charge in [0.25, 0.3) is 5.56 Å². The highest BCUT2D eigenvalue weighted by molar-refractivity contribution is 5.84. The molecule has 0 bridgehead atoms. The Bertz CT molecular complexity index is 1170. The Morgan fingerprint density at radius 2 is 1.90 bits per heavy atom. The molecule has 0 aliphatic carbocycles. The molecule has 6 heteroatoms. The Kier molecular flexibility index (Phi) is 5.99. The molecule has 3 aromatic rings. The maximum absolute atomic E-state index is 12.3. The minimum atomic E-state index is -0.385. The summed E-state index contributed by atoms with van der Waals surface area (Å²) in [6.45, 7) is 3.97. The summed E-state index contributed by atoms with van der Waals surface area (Å²) in [6.07, 6.45) is 0.746. The molecule has 2 N–H and O–H groups in total. The van der Waals surface area contributed by atoms with Crippen molar-refractivity contribution in [3.05, 3.63) is 74.7 Å². The fourth-order valence-corrected chi connectivity index (χ4v) is 3.46. The SMILES string of the molecule is COc1ccc2cc(CNC(=O)CCc3c(C)[nH]c(=O)c(C#N)c3C)ccc2c1. The summed E-state index contributed by atoms with van der Waals surface area (Å²) in [5.74, 6) is 0.731. The maximum atomic E-state index is 12.3. The molecular weight excluding hydrogens is 366 g/mol. The number of carbonyl (C=O) groups excluding carboxylic acids is 1. The molecule has 2 aromatic carbocycles. The molecule has 148 valence electrons. The van der Waals surface area contributed by atoms with Gasteiger partial charge in [-0.05, 0) is 65.9 Å². The first-order valence-corrected chi connectivity index (χ1v) is 9.38. The molecule has 0 fully saturated rings. The van der Waals surface area contributed by atoms with Crippen LogP contribution in [0.3, 0.4) is 0 Å². The van der Waals surface area contributed by atoms with Gasteiger partial charge in [0.05, 0.1) is 7.11 Å². The first kappa shape index (κ1) is 20.2. The molecular formula is C23H23N3O3. The summed E-state index contributed by atoms with van der Waals surface area (Å²) < 4.78 is 5.24. The van der Waals surface area contributed by atoms with Gasteiger partial charge in [-0.15, -0.1) is 0 Å². The lowest BCUT2D eigenvalue weighted by Crippen LogP contribution is -2.24. The Morgan fingerprint density at radius 3 is 2.62 bits per heavy atom. The molecule has 0 atom stereocenters. The number of fused-ring (bicyclic) bond motifs is 1. The largest absolute Gasteiger partial charge is 0.497 e. The van der Waals surface area contributed by atoms with E-state index in [2.05, 4.69) is 10.3 Å². The summed E-state index contributed by atoms with van der Waals surface area (Å²) >= 11 is 0. The molecule has 3 rings (SSSR count). The van der Waals surface area contributed by atoms with Crippen LogP contribution < -0.4 is 15.6 Å². The van der Waals surface area contributed by atoms with E-state index in [-0.39, 0.29) is 23.5 Å². The fourth-order valence-electron chi connectivity index (χ4n) is 3.46. The van der Waals surface area contributed by atoms with Crippen LogP contribution >= 0.6 is 0 Å². The molecule has 0 radical (unpaired) electrons. The number of rotatable bonds is 6. The third-order valence-corrected chi connectivity index (χ3v) is 5.12. The number of carbonyl (C=O) groups is 1. The van der Waals surface area contributed by atoms with Crippen molar-refractivity contribution in [2.24, 2.45) is 0 Å². The van der Waals surface area contributed by atoms with Crippen molar-refractivity contribution >= 4 is 16.7 Å². The van der Waals surface area contributed by atoms with Crippen LogP contribution in [-0.2, 0) is 17.8 Å². The molecule has 0 unspecified atom stereocenters. The quantitative estimate of drug-likeness (QED) is 0.676. The summed E-state index contributed by atoms with van der Waals surface area (Å²) in [5.41, 5.74) is 2.93. The average Bonchev–Trinajstić information content (AvgIpc) is 2.71. The number of hydrogen-bond donors (Lipinski definition) is 2. The van der Waals surface area contributed by atoms with Crippen molar-refractivity contribution in [2.45, 2.75) is 33.2 Å². The third kappa shape index (κ3) is 4.46. The lowest BCUT2D eigenvalue weighted by molar-refractivity contribution is -0.121. The lowest BCUT2D eigenvalue weighted by atomic mass is 9.99. The Labute approximate surface area is 169 Å². The van der Waals surface area contributed by atoms with Gasteiger partial charge >= 0.3 is 0 Å². The molecule has 1 heterocycles. The van der Waals surface area contributed by atoms with Crippen molar-refractivity contribution < 1.29 is 9.53 Å². The lowest BCUT2D eigenvalue weighted by Gasteiger charge is -2.11. The number of aryl methyl sites for hydroxylation is 1. The second-order valence-electron chi connectivity index (χ2n) is 6.99. The number of H-pyrrole nitrogens is 1. The number of aromatic amines is 1. The number of aromatic nitrogens is 1. The van der Waals surface area contributed by atoms with E-state index in [1.807, 2.05) is 42.5 Å². The second kappa shape index (κ2) is 8.61. The van der Waals surface area contributed by atoms with E-state index in [4.69, 9.17) is 10.00 Å². The van der Waals surface area contributed by atoms with Crippen LogP contribution in [0, 0.1) is 25.2 Å². The van der Waals surface area contributed by atoms with Crippen LogP contribution in [0.1, 0.15) is 34.4 Å². The number of amides is 1. The second-order valence-corrected chi connectivity index (χ2v) is 6.99. The van der Waals surface area contributed by atoms with E-state index >= 15 is 0 Å². The van der Waals surface area contributed by atoms with Crippen LogP contribution in [0.5, 0.6) is 5.75 Å². The maximum Gasteiger partial charge on any atom is 0.266 e. The highest BCUT2D eigenvalue weighted by Gasteiger charge is 2.13. The summed E-state index contributed by atoms with van der Waals surface area (Å²) in [5, 5.41) is 14.3. The van der Waals surface area contributed by atoms with Gasteiger partial charge in [0.2, 0.25) is 5.91 Å². The number of hydrogen-bond acceptors (Lipinski definition) is 4. The predicted octanol–water partition coefficient (Wildman–Crippen LogP) is 3.27. The molecule has 0 spiro atoms. The molecule has 29 heavy (non-hydrogen) atoms. The van der Waals surface area contributed by atoms with E-state index in [1.54, 1.807) is 21.0 Å². The molecule has 0 saturated carbocycles. The standard InChI is InChI=1S/C23H23N3O3/c1-14-20(15(2)26-23(28)21(14)12-24)8-9-22(27)25-13-16-4-5-18-11-19(29-3)7-6-17(18)10-16/h4-7,10-11H,8-9,13H2,1-3H3,(H,25,27)(H,26,28). The highest BCUT2D eigenvalue weighted by atomic mass is 16.5. The zero-order chi connectivity index (χ0) is 21.0. The van der Waals surface area contributed by atoms with Gasteiger partial charge in [-0.2, -0.15) is 5.26 Å². The zero-order valence-electron chi connectivity index (χ0n) is 16.8. The number of nitrogens with one attached hydrogen (secondary N) is 2. The van der Waals surface area contributed by atoms with Crippen LogP contribution in [0.4, 0.5) is 0 Å². The van der Waals surface area contributed by atoms with Crippen molar-refractivity contribution in [3.63, 3.8) is 0 Å². The summed E-state index contributed by atoms with van der Waals surface area (Å²) in [6, 6.07) is 13.9. The van der Waals surface area contributed by atoms with E-state index in [9.17, 15) is 9.59 Å². The monoisotopic (exact) mass is 389 g/mol. The molecule has 0 saturated heterocycles. The van der Waals surface area contributed by atoms with Crippen LogP contribution in [0.25, 0.3) is 10.8 Å². The smallest absolute Gasteiger partial charge is 0.266 e. The Hall–Kier alpha value is -3.59. The van der Waals surface area contributed by atoms with Crippen molar-refractivity contribution in [1.82, 2.24) is 10.3 Å². The number of benzene rings is 2. The fraction of sp³-hybridized carbons (Fsp3) is 0.261. The van der Waals surface area contributed by atoms with Gasteiger partial charge in [-0.1, -0.05) is 18.2 Å². The first-order chi connectivity index (χ1) is 13.9. The molecule has 6 nitrogen and oxygen atoms in total. The molecule has 0 aliphatic rings. The van der Waals surface area contributed by atoms with Gasteiger partial charge < -0.3 is 15.0 Å². The minimum absolute atomic E-state index is 0.0802. The number of ether oxygens (including phenoxy) is 1. The number of methoxy groups -OCH3 is 1. The van der Waals surface area contributed by atoms with E-state index in [0.717, 1.165) is 27.6 Å². The van der Waals surface area contributed by atoms with E-state index in [1.165, 1.54) is 0 Å². The summed E-state index contributed by atoms with van der Waals surface area (Å²) in [7, 11) is 1.64. The summed E-state index contributed by atoms with van der Waals surface area (Å²) in [4.78, 5) is 26.8. The Morgan fingerprint density at radius 1 is 1.17 bits per heavy atom. The van der Waals surface area contributed by atoms with Crippen LogP contribution in [0.15, 0.2) is 41.2 Å². The minimum Gasteiger partial charge on any atom is -0.497 e. The van der Waals surface area contributed by atoms with Crippen LogP contribution in [-0.4, -0.2) is 18.0 Å². The van der Waals surface area contributed by atoms with Crippen LogP contribution in [0.2, 0.25) is 0 Å². The average molecular weight is 389 g/mol. The zero-order valence-corrected chi connectivity index (χ0v) is 16.8. The topological polar surface area (TPSA) is 95.0 Å². The molecule has 1 aromatic heterocycles. The van der Waals surface area contributed by atoms with E-state index < -0.39 is 0 Å². The van der Waals surface area contributed by atoms with Crippen molar-refractivity contribution in [1.29, 1.82) is 5.26 Å². The number of nitrogens with zero attached hydrogens (tertiary/aromatic N) is 1. The van der Waals surface area contributed by atoms with Gasteiger partial charge in [-0.3, -0.25) is 9.59 Å². The normalized spacial score (nSPS) is 10.6. The first-order valence-electron chi connectivity index (χ1n) is 9.38. The molecule has 1 amide bonds. The highest BCUT2D eigenvalue weighted by Crippen LogP contribution is 2.22. The Balaban J connectivity index is 1.63. The van der Waals surface area contributed by atoms with Gasteiger partial charge in [0.1, 0.15) is 17.4 Å². The van der Waals surface area contributed by atoms with Crippen molar-refractivity contribution in [2.75, 3.05) is 7.11 Å². The van der Waals surface area contributed by atoms with E-state index in [0.29, 0.717) is 24.2 Å². The number of pyridine rings is 1. The van der Waals surface area contributed by atoms with Gasteiger partial charge in [-0.25, -0.2) is 0 Å².